The number of rotatable bonds is 7. The summed E-state index contributed by atoms with van der Waals surface area (Å²) in [5.74, 6) is 1.86. The average molecular weight is 490 g/mol. The van der Waals surface area contributed by atoms with Crippen LogP contribution in [0.25, 0.3) is 28.6 Å². The van der Waals surface area contributed by atoms with Gasteiger partial charge in [0.25, 0.3) is 0 Å². The molecule has 37 heavy (non-hydrogen) atoms. The Morgan fingerprint density at radius 1 is 0.919 bits per heavy atom. The fourth-order valence-electron chi connectivity index (χ4n) is 5.12. The van der Waals surface area contributed by atoms with Crippen molar-refractivity contribution in [2.75, 3.05) is 14.2 Å². The highest BCUT2D eigenvalue weighted by Gasteiger charge is 2.17. The van der Waals surface area contributed by atoms with Crippen molar-refractivity contribution in [3.8, 4) is 34.5 Å². The first-order valence-electron chi connectivity index (χ1n) is 12.8. The van der Waals surface area contributed by atoms with Crippen molar-refractivity contribution in [2.45, 2.75) is 38.0 Å². The molecule has 1 heterocycles. The van der Waals surface area contributed by atoms with E-state index in [4.69, 9.17) is 14.6 Å². The van der Waals surface area contributed by atoms with Crippen LogP contribution >= 0.6 is 0 Å². The number of hydrogen-bond donors (Lipinski definition) is 0. The number of nitrogens with zero attached hydrogens (tertiary/aromatic N) is 3. The Hall–Kier alpha value is -4.30. The third-order valence-corrected chi connectivity index (χ3v) is 7.14. The fourth-order valence-corrected chi connectivity index (χ4v) is 5.12. The van der Waals surface area contributed by atoms with Gasteiger partial charge in [0.05, 0.1) is 37.2 Å². The van der Waals surface area contributed by atoms with Crippen LogP contribution in [0.2, 0.25) is 0 Å². The van der Waals surface area contributed by atoms with Gasteiger partial charge in [0.1, 0.15) is 0 Å². The fraction of sp³-hybridized carbons (Fsp3) is 0.250. The SMILES string of the molecule is COc1ccc(/C(C#N)=C/c2cn(-c3ccccc3)nc2-c2ccc(C3CCCCC3)cc2)cc1OC. The van der Waals surface area contributed by atoms with Crippen molar-refractivity contribution in [3.63, 3.8) is 0 Å². The van der Waals surface area contributed by atoms with Crippen molar-refractivity contribution in [3.05, 3.63) is 95.7 Å². The predicted octanol–water partition coefficient (Wildman–Crippen LogP) is 7.67. The molecule has 0 aliphatic heterocycles. The van der Waals surface area contributed by atoms with Crippen LogP contribution in [0.15, 0.2) is 79.0 Å². The summed E-state index contributed by atoms with van der Waals surface area (Å²) in [6, 6.07) is 26.7. The number of para-hydroxylation sites is 1. The number of ether oxygens (including phenoxy) is 2. The second kappa shape index (κ2) is 11.2. The largest absolute Gasteiger partial charge is 0.493 e. The zero-order valence-electron chi connectivity index (χ0n) is 21.4. The molecule has 1 aromatic heterocycles. The summed E-state index contributed by atoms with van der Waals surface area (Å²) in [5.41, 5.74) is 6.40. The summed E-state index contributed by atoms with van der Waals surface area (Å²) in [6.07, 6.45) is 10.4. The van der Waals surface area contributed by atoms with Crippen LogP contribution in [0.1, 0.15) is 54.7 Å². The van der Waals surface area contributed by atoms with E-state index in [0.717, 1.165) is 28.1 Å². The Labute approximate surface area is 218 Å². The molecular weight excluding hydrogens is 458 g/mol. The first kappa shape index (κ1) is 24.4. The van der Waals surface area contributed by atoms with Crippen LogP contribution < -0.4 is 9.47 Å². The lowest BCUT2D eigenvalue weighted by Crippen LogP contribution is -2.04. The summed E-state index contributed by atoms with van der Waals surface area (Å²) in [6.45, 7) is 0. The van der Waals surface area contributed by atoms with E-state index in [0.29, 0.717) is 23.0 Å². The Bertz CT molecular complexity index is 1420. The molecule has 0 N–H and O–H groups in total. The third-order valence-electron chi connectivity index (χ3n) is 7.14. The summed E-state index contributed by atoms with van der Waals surface area (Å²) in [7, 11) is 3.19. The summed E-state index contributed by atoms with van der Waals surface area (Å²) in [4.78, 5) is 0. The van der Waals surface area contributed by atoms with E-state index in [1.807, 2.05) is 65.5 Å². The molecule has 0 unspecified atom stereocenters. The Kier molecular flexibility index (Phi) is 7.37. The minimum absolute atomic E-state index is 0.522. The molecule has 3 aromatic carbocycles. The maximum absolute atomic E-state index is 10.1. The van der Waals surface area contributed by atoms with Crippen LogP contribution in [-0.2, 0) is 0 Å². The Morgan fingerprint density at radius 2 is 1.65 bits per heavy atom. The second-order valence-corrected chi connectivity index (χ2v) is 9.41. The molecule has 1 saturated carbocycles. The highest BCUT2D eigenvalue weighted by Crippen LogP contribution is 2.35. The van der Waals surface area contributed by atoms with Gasteiger partial charge in [-0.2, -0.15) is 10.4 Å². The molecule has 186 valence electrons. The zero-order valence-corrected chi connectivity index (χ0v) is 21.4. The quantitative estimate of drug-likeness (QED) is 0.250. The van der Waals surface area contributed by atoms with Gasteiger partial charge in [-0.25, -0.2) is 4.68 Å². The van der Waals surface area contributed by atoms with Crippen LogP contribution in [0.3, 0.4) is 0 Å². The van der Waals surface area contributed by atoms with Gasteiger partial charge in [0, 0.05) is 17.3 Å². The highest BCUT2D eigenvalue weighted by atomic mass is 16.5. The van der Waals surface area contributed by atoms with E-state index in [9.17, 15) is 5.26 Å². The predicted molar refractivity (Wildman–Crippen MR) is 148 cm³/mol. The minimum atomic E-state index is 0.522. The van der Waals surface area contributed by atoms with E-state index in [1.54, 1.807) is 14.2 Å². The molecule has 5 rings (SSSR count). The summed E-state index contributed by atoms with van der Waals surface area (Å²) < 4.78 is 12.7. The lowest BCUT2D eigenvalue weighted by molar-refractivity contribution is 0.355. The highest BCUT2D eigenvalue weighted by molar-refractivity contribution is 5.92. The van der Waals surface area contributed by atoms with Crippen LogP contribution in [0, 0.1) is 11.3 Å². The number of methoxy groups -OCH3 is 2. The van der Waals surface area contributed by atoms with Gasteiger partial charge < -0.3 is 9.47 Å². The van der Waals surface area contributed by atoms with Crippen molar-refractivity contribution in [1.82, 2.24) is 9.78 Å². The molecule has 4 aromatic rings. The van der Waals surface area contributed by atoms with E-state index >= 15 is 0 Å². The molecule has 0 bridgehead atoms. The lowest BCUT2D eigenvalue weighted by Gasteiger charge is -2.22. The zero-order chi connectivity index (χ0) is 25.6. The maximum atomic E-state index is 10.1. The monoisotopic (exact) mass is 489 g/mol. The lowest BCUT2D eigenvalue weighted by atomic mass is 9.84. The average Bonchev–Trinajstić information content (AvgIpc) is 3.40. The number of hydrogen-bond acceptors (Lipinski definition) is 4. The third kappa shape index (κ3) is 5.29. The number of aromatic nitrogens is 2. The maximum Gasteiger partial charge on any atom is 0.161 e. The van der Waals surface area contributed by atoms with Gasteiger partial charge in [-0.3, -0.25) is 0 Å². The van der Waals surface area contributed by atoms with E-state index in [-0.39, 0.29) is 0 Å². The second-order valence-electron chi connectivity index (χ2n) is 9.41. The molecule has 0 radical (unpaired) electrons. The summed E-state index contributed by atoms with van der Waals surface area (Å²) in [5, 5.41) is 15.0. The van der Waals surface area contributed by atoms with Crippen molar-refractivity contribution >= 4 is 11.6 Å². The molecule has 0 amide bonds. The van der Waals surface area contributed by atoms with Crippen LogP contribution in [0.5, 0.6) is 11.5 Å². The Morgan fingerprint density at radius 3 is 2.32 bits per heavy atom. The topological polar surface area (TPSA) is 60.1 Å². The van der Waals surface area contributed by atoms with Gasteiger partial charge in [0.2, 0.25) is 0 Å². The smallest absolute Gasteiger partial charge is 0.161 e. The van der Waals surface area contributed by atoms with Gasteiger partial charge >= 0.3 is 0 Å². The molecule has 1 aliphatic carbocycles. The number of benzene rings is 3. The molecule has 5 nitrogen and oxygen atoms in total. The number of allylic oxidation sites excluding steroid dienone is 1. The molecule has 0 saturated heterocycles. The first-order valence-corrected chi connectivity index (χ1v) is 12.8. The van der Waals surface area contributed by atoms with Crippen LogP contribution in [-0.4, -0.2) is 24.0 Å². The molecule has 1 fully saturated rings. The van der Waals surface area contributed by atoms with E-state index in [2.05, 4.69) is 30.3 Å². The van der Waals surface area contributed by atoms with Crippen LogP contribution in [0.4, 0.5) is 0 Å². The van der Waals surface area contributed by atoms with Gasteiger partial charge in [-0.1, -0.05) is 61.7 Å². The van der Waals surface area contributed by atoms with Gasteiger partial charge in [0.15, 0.2) is 11.5 Å². The number of nitriles is 1. The van der Waals surface area contributed by atoms with Gasteiger partial charge in [-0.15, -0.1) is 0 Å². The molecular formula is C32H31N3O2. The molecule has 0 atom stereocenters. The summed E-state index contributed by atoms with van der Waals surface area (Å²) >= 11 is 0. The minimum Gasteiger partial charge on any atom is -0.493 e. The van der Waals surface area contributed by atoms with Crippen molar-refractivity contribution in [1.29, 1.82) is 5.26 Å². The van der Waals surface area contributed by atoms with E-state index in [1.165, 1.54) is 37.7 Å². The van der Waals surface area contributed by atoms with Gasteiger partial charge in [-0.05, 0) is 66.3 Å². The molecule has 5 heteroatoms. The Balaban J connectivity index is 1.57. The normalized spacial score (nSPS) is 14.2. The first-order chi connectivity index (χ1) is 18.2. The van der Waals surface area contributed by atoms with Crippen molar-refractivity contribution in [2.24, 2.45) is 0 Å². The standard InChI is InChI=1S/C32H31N3O2/c1-36-30-18-17-26(20-31(30)37-2)27(21-33)19-28-22-35(29-11-7-4-8-12-29)34-32(28)25-15-13-24(14-16-25)23-9-5-3-6-10-23/h4,7-8,11-20,22-23H,3,5-6,9-10H2,1-2H3/b27-19+. The molecule has 0 spiro atoms. The van der Waals surface area contributed by atoms with E-state index < -0.39 is 0 Å². The molecule has 1 aliphatic rings. The van der Waals surface area contributed by atoms with Crippen molar-refractivity contribution < 1.29 is 9.47 Å².